The molecule has 0 amide bonds. The molecule has 68 heavy (non-hydrogen) atoms. The van der Waals surface area contributed by atoms with E-state index in [1.165, 1.54) is 55.5 Å². The molecule has 3 aliphatic rings. The number of fused-ring (bicyclic) bond motifs is 18. The summed E-state index contributed by atoms with van der Waals surface area (Å²) in [6.07, 6.45) is 8.04. The highest BCUT2D eigenvalue weighted by Crippen LogP contribution is 2.63. The average Bonchev–Trinajstić information content (AvgIpc) is 4.14. The Balaban J connectivity index is 0.921. The van der Waals surface area contributed by atoms with Gasteiger partial charge in [-0.15, -0.1) is 0 Å². The predicted molar refractivity (Wildman–Crippen MR) is 280 cm³/mol. The Morgan fingerprint density at radius 1 is 0.426 bits per heavy atom. The van der Waals surface area contributed by atoms with E-state index in [1.807, 2.05) is 6.07 Å². The number of furan rings is 2. The first-order valence-electron chi connectivity index (χ1n) is 23.7. The fourth-order valence-corrected chi connectivity index (χ4v) is 12.2. The Labute approximate surface area is 393 Å². The van der Waals surface area contributed by atoms with Gasteiger partial charge in [-0.25, -0.2) is 0 Å². The van der Waals surface area contributed by atoms with E-state index in [-0.39, 0.29) is 5.92 Å². The van der Waals surface area contributed by atoms with Gasteiger partial charge in [-0.2, -0.15) is 0 Å². The van der Waals surface area contributed by atoms with Crippen LogP contribution in [-0.2, 0) is 5.41 Å². The molecule has 3 nitrogen and oxygen atoms in total. The lowest BCUT2D eigenvalue weighted by Crippen LogP contribution is -2.26. The first-order chi connectivity index (χ1) is 33.7. The second kappa shape index (κ2) is 14.2. The lowest BCUT2D eigenvalue weighted by atomic mass is 9.70. The molecule has 3 heteroatoms. The molecule has 2 aromatic heterocycles. The molecule has 0 aliphatic heterocycles. The van der Waals surface area contributed by atoms with Gasteiger partial charge in [-0.3, -0.25) is 0 Å². The van der Waals surface area contributed by atoms with Crippen LogP contribution in [0.4, 0.5) is 11.4 Å². The monoisotopic (exact) mass is 867 g/mol. The highest BCUT2D eigenvalue weighted by Gasteiger charge is 2.51. The minimum absolute atomic E-state index is 0.214. The highest BCUT2D eigenvalue weighted by molar-refractivity contribution is 6.16. The molecule has 15 rings (SSSR count). The van der Waals surface area contributed by atoms with E-state index >= 15 is 0 Å². The molecule has 0 saturated carbocycles. The minimum atomic E-state index is -0.463. The van der Waals surface area contributed by atoms with Crippen LogP contribution >= 0.6 is 0 Å². The summed E-state index contributed by atoms with van der Waals surface area (Å²) in [4.78, 5) is 2.50. The maximum atomic E-state index is 6.62. The van der Waals surface area contributed by atoms with Crippen LogP contribution in [0.1, 0.15) is 40.2 Å². The molecule has 0 saturated heterocycles. The maximum absolute atomic E-state index is 6.62. The SMILES string of the molecule is C1=CC(c2ccc3oc4ccccc4c3c2)CC=C1N(c1ccc2c(c1)C1(c3ccccc3-c3ccccc31)c1ccccc1-2)c1ccccc1-c1ccc2oc3c4ccccc4ccc3c2c1. The van der Waals surface area contributed by atoms with Crippen molar-refractivity contribution in [3.05, 3.63) is 264 Å². The number of benzene rings is 10. The van der Waals surface area contributed by atoms with E-state index in [4.69, 9.17) is 8.83 Å². The molecular formula is C65H41NO2. The van der Waals surface area contributed by atoms with Crippen LogP contribution in [0, 0.1) is 0 Å². The molecule has 1 spiro atoms. The molecule has 3 aliphatic carbocycles. The van der Waals surface area contributed by atoms with Gasteiger partial charge in [0.05, 0.1) is 11.1 Å². The summed E-state index contributed by atoms with van der Waals surface area (Å²) >= 11 is 0. The number of anilines is 2. The lowest BCUT2D eigenvalue weighted by Gasteiger charge is -2.34. The van der Waals surface area contributed by atoms with Gasteiger partial charge in [0.25, 0.3) is 0 Å². The predicted octanol–water partition coefficient (Wildman–Crippen LogP) is 17.4. The summed E-state index contributed by atoms with van der Waals surface area (Å²) < 4.78 is 12.8. The van der Waals surface area contributed by atoms with E-state index in [1.54, 1.807) is 0 Å². The number of rotatable bonds is 5. The van der Waals surface area contributed by atoms with Crippen molar-refractivity contribution in [2.75, 3.05) is 4.90 Å². The van der Waals surface area contributed by atoms with E-state index in [2.05, 4.69) is 229 Å². The zero-order valence-electron chi connectivity index (χ0n) is 37.0. The van der Waals surface area contributed by atoms with Crippen molar-refractivity contribution in [3.63, 3.8) is 0 Å². The Morgan fingerprint density at radius 3 is 1.81 bits per heavy atom. The summed E-state index contributed by atoms with van der Waals surface area (Å²) in [5.41, 5.74) is 20.7. The van der Waals surface area contributed by atoms with Crippen LogP contribution in [0.2, 0.25) is 0 Å². The Hall–Kier alpha value is -8.66. The molecule has 318 valence electrons. The third kappa shape index (κ3) is 5.19. The zero-order chi connectivity index (χ0) is 44.5. The summed E-state index contributed by atoms with van der Waals surface area (Å²) in [6, 6.07) is 78.0. The van der Waals surface area contributed by atoms with Crippen molar-refractivity contribution < 1.29 is 8.83 Å². The van der Waals surface area contributed by atoms with Crippen LogP contribution in [0.5, 0.6) is 0 Å². The Morgan fingerprint density at radius 2 is 1.04 bits per heavy atom. The van der Waals surface area contributed by atoms with Crippen molar-refractivity contribution in [3.8, 4) is 33.4 Å². The van der Waals surface area contributed by atoms with E-state index < -0.39 is 5.41 Å². The minimum Gasteiger partial charge on any atom is -0.456 e. The normalized spacial score (nSPS) is 15.3. The van der Waals surface area contributed by atoms with Gasteiger partial charge < -0.3 is 13.7 Å². The van der Waals surface area contributed by atoms with Crippen LogP contribution < -0.4 is 4.90 Å². The van der Waals surface area contributed by atoms with Gasteiger partial charge in [0.1, 0.15) is 22.3 Å². The van der Waals surface area contributed by atoms with Gasteiger partial charge >= 0.3 is 0 Å². The van der Waals surface area contributed by atoms with Crippen molar-refractivity contribution in [1.29, 1.82) is 0 Å². The van der Waals surface area contributed by atoms with Gasteiger partial charge in [-0.1, -0.05) is 170 Å². The van der Waals surface area contributed by atoms with Crippen LogP contribution in [0.3, 0.4) is 0 Å². The highest BCUT2D eigenvalue weighted by atomic mass is 16.3. The standard InChI is InChI=1S/C65H41NO2/c1-2-15-47-41(13-1)27-33-53-55-38-43(29-36-63(55)68-64(47)53)46-14-6-11-23-60(46)66(44-30-25-40(26-31-44)42-28-35-62-54(37-42)52-19-7-12-24-61(52)67-62)45-32-34-51-50-18-5-10-22-58(50)65(59(51)39-45)56-20-8-3-16-48(56)49-17-4-9-21-57(49)65/h1-25,27-40H,26H2. The Kier molecular flexibility index (Phi) is 7.83. The number of allylic oxidation sites excluding steroid dienone is 3. The number of nitrogens with zero attached hydrogens (tertiary/aromatic N) is 1. The molecule has 1 unspecified atom stereocenters. The number of hydrogen-bond acceptors (Lipinski definition) is 3. The second-order valence-electron chi connectivity index (χ2n) is 18.6. The van der Waals surface area contributed by atoms with E-state index in [9.17, 15) is 0 Å². The van der Waals surface area contributed by atoms with Gasteiger partial charge in [-0.05, 0) is 128 Å². The third-order valence-corrected chi connectivity index (χ3v) is 15.2. The third-order valence-electron chi connectivity index (χ3n) is 15.2. The topological polar surface area (TPSA) is 29.5 Å². The zero-order valence-corrected chi connectivity index (χ0v) is 37.0. The van der Waals surface area contributed by atoms with Crippen LogP contribution in [0.25, 0.3) is 88.0 Å². The Bertz CT molecular complexity index is 4100. The maximum Gasteiger partial charge on any atom is 0.143 e. The quantitative estimate of drug-likeness (QED) is 0.173. The fourth-order valence-electron chi connectivity index (χ4n) is 12.2. The summed E-state index contributed by atoms with van der Waals surface area (Å²) in [5.74, 6) is 0.214. The molecule has 0 radical (unpaired) electrons. The first kappa shape index (κ1) is 37.5. The molecule has 1 atom stereocenters. The summed E-state index contributed by atoms with van der Waals surface area (Å²) in [5, 5.41) is 6.86. The molecule has 0 bridgehead atoms. The smallest absolute Gasteiger partial charge is 0.143 e. The molecule has 12 aromatic rings. The first-order valence-corrected chi connectivity index (χ1v) is 23.7. The molecule has 0 fully saturated rings. The second-order valence-corrected chi connectivity index (χ2v) is 18.6. The molecule has 2 heterocycles. The van der Waals surface area contributed by atoms with E-state index in [0.29, 0.717) is 0 Å². The summed E-state index contributed by atoms with van der Waals surface area (Å²) in [6.45, 7) is 0. The van der Waals surface area contributed by atoms with Crippen LogP contribution in [0.15, 0.2) is 245 Å². The van der Waals surface area contributed by atoms with Gasteiger partial charge in [0.2, 0.25) is 0 Å². The van der Waals surface area contributed by atoms with Crippen LogP contribution in [-0.4, -0.2) is 0 Å². The van der Waals surface area contributed by atoms with Crippen molar-refractivity contribution in [2.24, 2.45) is 0 Å². The van der Waals surface area contributed by atoms with E-state index in [0.717, 1.165) is 83.9 Å². The summed E-state index contributed by atoms with van der Waals surface area (Å²) in [7, 11) is 0. The van der Waals surface area contributed by atoms with Gasteiger partial charge in [0, 0.05) is 49.8 Å². The number of hydrogen-bond donors (Lipinski definition) is 0. The molecular weight excluding hydrogens is 827 g/mol. The fraction of sp³-hybridized carbons (Fsp3) is 0.0462. The largest absolute Gasteiger partial charge is 0.456 e. The average molecular weight is 868 g/mol. The lowest BCUT2D eigenvalue weighted by molar-refractivity contribution is 0.668. The molecule has 0 N–H and O–H groups in total. The van der Waals surface area contributed by atoms with Crippen molar-refractivity contribution >= 4 is 66.0 Å². The van der Waals surface area contributed by atoms with Crippen molar-refractivity contribution in [1.82, 2.24) is 0 Å². The number of para-hydroxylation sites is 2. The van der Waals surface area contributed by atoms with Gasteiger partial charge in [0.15, 0.2) is 0 Å². The van der Waals surface area contributed by atoms with Crippen molar-refractivity contribution in [2.45, 2.75) is 17.8 Å². The molecule has 10 aromatic carbocycles.